The second-order valence-electron chi connectivity index (χ2n) is 4.69. The van der Waals surface area contributed by atoms with E-state index < -0.39 is 17.9 Å². The summed E-state index contributed by atoms with van der Waals surface area (Å²) in [5, 5.41) is 0. The predicted molar refractivity (Wildman–Crippen MR) is 82.9 cm³/mol. The minimum Gasteiger partial charge on any atom is -0.449 e. The number of benzene rings is 1. The minimum atomic E-state index is -0.733. The zero-order valence-corrected chi connectivity index (χ0v) is 13.6. The van der Waals surface area contributed by atoms with Gasteiger partial charge >= 0.3 is 6.09 Å². The molecule has 1 aliphatic heterocycles. The number of nitrogens with one attached hydrogen (secondary N) is 2. The molecule has 0 spiro atoms. The number of anilines is 1. The fraction of sp³-hybridized carbons (Fsp3) is 0.357. The van der Waals surface area contributed by atoms with Gasteiger partial charge in [0.15, 0.2) is 0 Å². The lowest BCUT2D eigenvalue weighted by atomic mass is 10.1. The average molecular weight is 370 g/mol. The Bertz CT molecular complexity index is 593. The van der Waals surface area contributed by atoms with Gasteiger partial charge in [0.1, 0.15) is 0 Å². The maximum Gasteiger partial charge on any atom is 0.426 e. The lowest BCUT2D eigenvalue weighted by molar-refractivity contribution is -0.127. The van der Waals surface area contributed by atoms with Gasteiger partial charge in [0, 0.05) is 17.4 Å². The number of nitrogens with zero attached hydrogens (tertiary/aromatic N) is 1. The summed E-state index contributed by atoms with van der Waals surface area (Å²) < 4.78 is 5.42. The number of ether oxygens (including phenoxy) is 1. The molecule has 0 aromatic heterocycles. The summed E-state index contributed by atoms with van der Waals surface area (Å²) in [5.74, 6) is -1.08. The van der Waals surface area contributed by atoms with Crippen molar-refractivity contribution in [2.75, 3.05) is 18.1 Å². The molecule has 0 unspecified atom stereocenters. The summed E-state index contributed by atoms with van der Waals surface area (Å²) in [7, 11) is 0. The second kappa shape index (κ2) is 7.26. The number of hydrazine groups is 1. The number of amides is 3. The van der Waals surface area contributed by atoms with E-state index in [-0.39, 0.29) is 25.5 Å². The van der Waals surface area contributed by atoms with Crippen LogP contribution in [0.25, 0.3) is 0 Å². The summed E-state index contributed by atoms with van der Waals surface area (Å²) in [6.45, 7) is 2.13. The average Bonchev–Trinajstić information content (AvgIpc) is 2.87. The summed E-state index contributed by atoms with van der Waals surface area (Å²) in [6, 6.07) is 7.31. The second-order valence-corrected chi connectivity index (χ2v) is 5.55. The molecule has 1 heterocycles. The number of halogens is 1. The first-order valence-electron chi connectivity index (χ1n) is 6.80. The Labute approximate surface area is 136 Å². The first-order chi connectivity index (χ1) is 10.5. The molecule has 1 saturated heterocycles. The summed E-state index contributed by atoms with van der Waals surface area (Å²) in [4.78, 5) is 36.8. The molecule has 1 aromatic rings. The van der Waals surface area contributed by atoms with Crippen molar-refractivity contribution in [2.45, 2.75) is 13.3 Å². The third kappa shape index (κ3) is 3.76. The molecule has 8 heteroatoms. The lowest BCUT2D eigenvalue weighted by Crippen LogP contribution is -2.45. The van der Waals surface area contributed by atoms with Crippen LogP contribution in [0.3, 0.4) is 0 Å². The normalized spacial score (nSPS) is 17.3. The van der Waals surface area contributed by atoms with Crippen LogP contribution in [0.5, 0.6) is 0 Å². The van der Waals surface area contributed by atoms with Crippen LogP contribution >= 0.6 is 15.9 Å². The highest BCUT2D eigenvalue weighted by molar-refractivity contribution is 9.10. The van der Waals surface area contributed by atoms with E-state index in [0.717, 1.165) is 10.2 Å². The monoisotopic (exact) mass is 369 g/mol. The molecular formula is C14H16BrN3O4. The number of para-hydroxylation sites is 1. The summed E-state index contributed by atoms with van der Waals surface area (Å²) in [6.07, 6.45) is -0.639. The maximum absolute atomic E-state index is 12.1. The molecule has 0 saturated carbocycles. The Hall–Kier alpha value is -2.09. The molecule has 1 aromatic carbocycles. The van der Waals surface area contributed by atoms with Crippen molar-refractivity contribution in [3.05, 3.63) is 28.7 Å². The van der Waals surface area contributed by atoms with Crippen LogP contribution in [0.1, 0.15) is 13.3 Å². The highest BCUT2D eigenvalue weighted by Gasteiger charge is 2.35. The molecule has 0 aliphatic carbocycles. The molecular weight excluding hydrogens is 354 g/mol. The molecule has 1 atom stereocenters. The molecule has 22 heavy (non-hydrogen) atoms. The van der Waals surface area contributed by atoms with Crippen LogP contribution < -0.4 is 15.8 Å². The van der Waals surface area contributed by atoms with E-state index in [4.69, 9.17) is 0 Å². The Kier molecular flexibility index (Phi) is 5.37. The standard InChI is InChI=1S/C14H16BrN3O4/c1-2-22-14(21)17-16-13(20)9-7-12(19)18(8-9)11-6-4-3-5-10(11)15/h3-6,9H,2,7-8H2,1H3,(H,16,20)(H,17,21)/t9-/m0/s1. The molecule has 3 amide bonds. The Morgan fingerprint density at radius 3 is 2.77 bits per heavy atom. The highest BCUT2D eigenvalue weighted by atomic mass is 79.9. The highest BCUT2D eigenvalue weighted by Crippen LogP contribution is 2.31. The van der Waals surface area contributed by atoms with E-state index in [0.29, 0.717) is 0 Å². The van der Waals surface area contributed by atoms with E-state index >= 15 is 0 Å². The SMILES string of the molecule is CCOC(=O)NNC(=O)[C@H]1CC(=O)N(c2ccccc2Br)C1. The fourth-order valence-electron chi connectivity index (χ4n) is 2.17. The van der Waals surface area contributed by atoms with Gasteiger partial charge in [-0.1, -0.05) is 12.1 Å². The Balaban J connectivity index is 1.96. The van der Waals surface area contributed by atoms with Crippen LogP contribution in [-0.4, -0.2) is 31.1 Å². The van der Waals surface area contributed by atoms with Gasteiger partial charge in [-0.15, -0.1) is 0 Å². The molecule has 2 N–H and O–H groups in total. The van der Waals surface area contributed by atoms with Crippen LogP contribution in [0, 0.1) is 5.92 Å². The molecule has 7 nitrogen and oxygen atoms in total. The van der Waals surface area contributed by atoms with Gasteiger partial charge in [-0.2, -0.15) is 0 Å². The van der Waals surface area contributed by atoms with Gasteiger partial charge in [0.05, 0.1) is 18.2 Å². The lowest BCUT2D eigenvalue weighted by Gasteiger charge is -2.18. The van der Waals surface area contributed by atoms with E-state index in [1.165, 1.54) is 0 Å². The number of hydrogen-bond acceptors (Lipinski definition) is 4. The zero-order valence-electron chi connectivity index (χ0n) is 12.0. The van der Waals surface area contributed by atoms with Gasteiger partial charge in [0.2, 0.25) is 11.8 Å². The van der Waals surface area contributed by atoms with Crippen LogP contribution in [0.2, 0.25) is 0 Å². The quantitative estimate of drug-likeness (QED) is 0.791. The number of rotatable bonds is 3. The first-order valence-corrected chi connectivity index (χ1v) is 7.59. The smallest absolute Gasteiger partial charge is 0.426 e. The number of hydrogen-bond donors (Lipinski definition) is 2. The van der Waals surface area contributed by atoms with Crippen LogP contribution in [0.4, 0.5) is 10.5 Å². The molecule has 2 rings (SSSR count). The molecule has 0 radical (unpaired) electrons. The van der Waals surface area contributed by atoms with Crippen molar-refractivity contribution in [2.24, 2.45) is 5.92 Å². The van der Waals surface area contributed by atoms with Gasteiger partial charge in [0.25, 0.3) is 0 Å². The Morgan fingerprint density at radius 1 is 1.36 bits per heavy atom. The van der Waals surface area contributed by atoms with Crippen molar-refractivity contribution in [1.29, 1.82) is 0 Å². The predicted octanol–water partition coefficient (Wildman–Crippen LogP) is 1.58. The van der Waals surface area contributed by atoms with E-state index in [2.05, 4.69) is 31.5 Å². The first kappa shape index (κ1) is 16.3. The van der Waals surface area contributed by atoms with Gasteiger partial charge in [-0.05, 0) is 35.0 Å². The summed E-state index contributed by atoms with van der Waals surface area (Å²) in [5.41, 5.74) is 5.13. The fourth-order valence-corrected chi connectivity index (χ4v) is 2.67. The van der Waals surface area contributed by atoms with Crippen molar-refractivity contribution in [3.8, 4) is 0 Å². The maximum atomic E-state index is 12.1. The van der Waals surface area contributed by atoms with E-state index in [1.54, 1.807) is 17.9 Å². The third-order valence-corrected chi connectivity index (χ3v) is 3.87. The molecule has 1 fully saturated rings. The van der Waals surface area contributed by atoms with Crippen LogP contribution in [-0.2, 0) is 14.3 Å². The Morgan fingerprint density at radius 2 is 2.09 bits per heavy atom. The molecule has 118 valence electrons. The third-order valence-electron chi connectivity index (χ3n) is 3.20. The number of carbonyl (C=O) groups excluding carboxylic acids is 3. The summed E-state index contributed by atoms with van der Waals surface area (Å²) >= 11 is 3.39. The van der Waals surface area contributed by atoms with Crippen LogP contribution in [0.15, 0.2) is 28.7 Å². The van der Waals surface area contributed by atoms with E-state index in [9.17, 15) is 14.4 Å². The van der Waals surface area contributed by atoms with Crippen molar-refractivity contribution in [3.63, 3.8) is 0 Å². The largest absolute Gasteiger partial charge is 0.449 e. The van der Waals surface area contributed by atoms with Crippen molar-refractivity contribution in [1.82, 2.24) is 10.9 Å². The number of carbonyl (C=O) groups is 3. The van der Waals surface area contributed by atoms with Gasteiger partial charge in [-0.3, -0.25) is 15.0 Å². The zero-order chi connectivity index (χ0) is 16.1. The van der Waals surface area contributed by atoms with E-state index in [1.807, 2.05) is 18.2 Å². The molecule has 0 bridgehead atoms. The van der Waals surface area contributed by atoms with Crippen molar-refractivity contribution >= 4 is 39.5 Å². The van der Waals surface area contributed by atoms with Crippen molar-refractivity contribution < 1.29 is 19.1 Å². The molecule has 1 aliphatic rings. The topological polar surface area (TPSA) is 87.7 Å². The minimum absolute atomic E-state index is 0.0949. The van der Waals surface area contributed by atoms with Gasteiger partial charge < -0.3 is 9.64 Å². The van der Waals surface area contributed by atoms with Gasteiger partial charge in [-0.25, -0.2) is 10.2 Å².